The third-order valence-corrected chi connectivity index (χ3v) is 4.12. The lowest BCUT2D eigenvalue weighted by molar-refractivity contribution is -0.158. The molecule has 0 aromatic rings. The summed E-state index contributed by atoms with van der Waals surface area (Å²) in [4.78, 5) is 37.6. The van der Waals surface area contributed by atoms with E-state index in [1.165, 1.54) is 0 Å². The Morgan fingerprint density at radius 1 is 1.11 bits per heavy atom. The number of carboxylic acid groups (broad SMARTS) is 2. The van der Waals surface area contributed by atoms with Gasteiger partial charge >= 0.3 is 11.9 Å². The van der Waals surface area contributed by atoms with Gasteiger partial charge in [-0.1, -0.05) is 0 Å². The van der Waals surface area contributed by atoms with Crippen LogP contribution in [0.4, 0.5) is 0 Å². The van der Waals surface area contributed by atoms with E-state index < -0.39 is 23.8 Å². The van der Waals surface area contributed by atoms with Crippen LogP contribution in [0, 0.1) is 11.8 Å². The number of hydrogen-bond donors (Lipinski definition) is 2. The van der Waals surface area contributed by atoms with E-state index in [0.29, 0.717) is 19.5 Å². The third-order valence-electron chi connectivity index (χ3n) is 4.12. The number of likely N-dealkylation sites (N-methyl/N-ethyl adjacent to an activating group) is 1. The predicted octanol–water partition coefficient (Wildman–Crippen LogP) is -0.676. The lowest BCUT2D eigenvalue weighted by atomic mass is 9.85. The van der Waals surface area contributed by atoms with Crippen LogP contribution in [-0.4, -0.2) is 70.6 Å². The van der Waals surface area contributed by atoms with Crippen LogP contribution in [0.1, 0.15) is 12.8 Å². The fourth-order valence-electron chi connectivity index (χ4n) is 2.95. The van der Waals surface area contributed by atoms with Crippen molar-refractivity contribution in [3.63, 3.8) is 0 Å². The number of carbonyl (C=O) groups excluding carboxylic acids is 1. The highest BCUT2D eigenvalue weighted by Crippen LogP contribution is 2.28. The first-order chi connectivity index (χ1) is 8.91. The number of amides is 1. The van der Waals surface area contributed by atoms with E-state index in [0.717, 1.165) is 0 Å². The quantitative estimate of drug-likeness (QED) is 0.705. The summed E-state index contributed by atoms with van der Waals surface area (Å²) in [7, 11) is 1.72. The lowest BCUT2D eigenvalue weighted by Crippen LogP contribution is -2.52. The largest absolute Gasteiger partial charge is 0.481 e. The van der Waals surface area contributed by atoms with Crippen LogP contribution in [0.25, 0.3) is 0 Å². The molecule has 2 heterocycles. The van der Waals surface area contributed by atoms with Crippen molar-refractivity contribution in [3.05, 3.63) is 0 Å². The van der Waals surface area contributed by atoms with Gasteiger partial charge in [0.1, 0.15) is 0 Å². The molecule has 106 valence electrons. The molecule has 7 heteroatoms. The lowest BCUT2D eigenvalue weighted by Gasteiger charge is -2.37. The van der Waals surface area contributed by atoms with Crippen molar-refractivity contribution in [1.29, 1.82) is 0 Å². The minimum Gasteiger partial charge on any atom is -0.481 e. The average Bonchev–Trinajstić information content (AvgIpc) is 2.69. The molecule has 0 aliphatic carbocycles. The topological polar surface area (TPSA) is 98.2 Å². The Labute approximate surface area is 110 Å². The van der Waals surface area contributed by atoms with Gasteiger partial charge in [-0.25, -0.2) is 0 Å². The van der Waals surface area contributed by atoms with Crippen LogP contribution in [0.15, 0.2) is 0 Å². The normalized spacial score (nSPS) is 32.6. The zero-order valence-corrected chi connectivity index (χ0v) is 10.8. The fourth-order valence-corrected chi connectivity index (χ4v) is 2.95. The number of piperidine rings is 1. The van der Waals surface area contributed by atoms with Crippen LogP contribution < -0.4 is 0 Å². The zero-order chi connectivity index (χ0) is 14.2. The monoisotopic (exact) mass is 270 g/mol. The molecule has 0 radical (unpaired) electrons. The van der Waals surface area contributed by atoms with Crippen molar-refractivity contribution < 1.29 is 24.6 Å². The first kappa shape index (κ1) is 13.8. The molecule has 3 unspecified atom stereocenters. The summed E-state index contributed by atoms with van der Waals surface area (Å²) >= 11 is 0. The highest BCUT2D eigenvalue weighted by atomic mass is 16.4. The summed E-state index contributed by atoms with van der Waals surface area (Å²) < 4.78 is 0. The number of carbonyl (C=O) groups is 3. The molecular weight excluding hydrogens is 252 g/mol. The van der Waals surface area contributed by atoms with Crippen LogP contribution in [-0.2, 0) is 14.4 Å². The van der Waals surface area contributed by atoms with E-state index >= 15 is 0 Å². The van der Waals surface area contributed by atoms with Gasteiger partial charge in [-0.3, -0.25) is 19.3 Å². The molecule has 2 rings (SSSR count). The van der Waals surface area contributed by atoms with Gasteiger partial charge < -0.3 is 15.1 Å². The SMILES string of the molecule is CN1CCC(N2CCC(C(=O)O)C(C(=O)O)C2)C1=O. The van der Waals surface area contributed by atoms with Gasteiger partial charge in [0.05, 0.1) is 17.9 Å². The van der Waals surface area contributed by atoms with Gasteiger partial charge in [0.15, 0.2) is 0 Å². The Kier molecular flexibility index (Phi) is 3.75. The summed E-state index contributed by atoms with van der Waals surface area (Å²) in [5.74, 6) is -3.97. The number of likely N-dealkylation sites (tertiary alicyclic amines) is 2. The highest BCUT2D eigenvalue weighted by molar-refractivity contribution is 5.84. The maximum absolute atomic E-state index is 11.9. The second kappa shape index (κ2) is 5.16. The van der Waals surface area contributed by atoms with E-state index in [2.05, 4.69) is 0 Å². The van der Waals surface area contributed by atoms with Crippen LogP contribution in [0.5, 0.6) is 0 Å². The Morgan fingerprint density at radius 2 is 1.74 bits per heavy atom. The minimum absolute atomic E-state index is 0.00193. The zero-order valence-electron chi connectivity index (χ0n) is 10.8. The van der Waals surface area contributed by atoms with Crippen LogP contribution in [0.2, 0.25) is 0 Å². The summed E-state index contributed by atoms with van der Waals surface area (Å²) in [6.45, 7) is 1.27. The Hall–Kier alpha value is -1.63. The number of nitrogens with zero attached hydrogens (tertiary/aromatic N) is 2. The third kappa shape index (κ3) is 2.56. The van der Waals surface area contributed by atoms with Crippen molar-refractivity contribution in [2.45, 2.75) is 18.9 Å². The van der Waals surface area contributed by atoms with Gasteiger partial charge in [0, 0.05) is 20.1 Å². The molecule has 0 saturated carbocycles. The van der Waals surface area contributed by atoms with Gasteiger partial charge in [-0.05, 0) is 19.4 Å². The van der Waals surface area contributed by atoms with Gasteiger partial charge in [0.2, 0.25) is 5.91 Å². The maximum Gasteiger partial charge on any atom is 0.308 e. The molecule has 19 heavy (non-hydrogen) atoms. The van der Waals surface area contributed by atoms with E-state index in [1.54, 1.807) is 11.9 Å². The predicted molar refractivity (Wildman–Crippen MR) is 64.5 cm³/mol. The summed E-state index contributed by atoms with van der Waals surface area (Å²) in [6.07, 6.45) is 0.958. The molecule has 2 aliphatic rings. The average molecular weight is 270 g/mol. The molecule has 1 amide bonds. The summed E-state index contributed by atoms with van der Waals surface area (Å²) in [5, 5.41) is 18.2. The standard InChI is InChI=1S/C12H18N2O5/c1-13-4-3-9(10(13)15)14-5-2-7(11(16)17)8(6-14)12(18)19/h7-9H,2-6H2,1H3,(H,16,17)(H,18,19). The molecule has 2 saturated heterocycles. The molecule has 3 atom stereocenters. The second-order valence-electron chi connectivity index (χ2n) is 5.24. The summed E-state index contributed by atoms with van der Waals surface area (Å²) in [6, 6.07) is -0.290. The van der Waals surface area contributed by atoms with E-state index in [4.69, 9.17) is 10.2 Å². The Morgan fingerprint density at radius 3 is 2.21 bits per heavy atom. The van der Waals surface area contributed by atoms with Gasteiger partial charge in [0.25, 0.3) is 0 Å². The van der Waals surface area contributed by atoms with Gasteiger partial charge in [-0.2, -0.15) is 0 Å². The smallest absolute Gasteiger partial charge is 0.308 e. The van der Waals surface area contributed by atoms with Gasteiger partial charge in [-0.15, -0.1) is 0 Å². The molecule has 0 aromatic carbocycles. The van der Waals surface area contributed by atoms with Crippen molar-refractivity contribution in [2.75, 3.05) is 26.7 Å². The van der Waals surface area contributed by atoms with Crippen molar-refractivity contribution in [2.24, 2.45) is 11.8 Å². The van der Waals surface area contributed by atoms with E-state index in [9.17, 15) is 14.4 Å². The fraction of sp³-hybridized carbons (Fsp3) is 0.750. The highest BCUT2D eigenvalue weighted by Gasteiger charge is 2.43. The molecular formula is C12H18N2O5. The van der Waals surface area contributed by atoms with Crippen LogP contribution in [0.3, 0.4) is 0 Å². The van der Waals surface area contributed by atoms with Crippen molar-refractivity contribution >= 4 is 17.8 Å². The first-order valence-electron chi connectivity index (χ1n) is 6.36. The Balaban J connectivity index is 2.09. The molecule has 2 N–H and O–H groups in total. The van der Waals surface area contributed by atoms with Crippen molar-refractivity contribution in [1.82, 2.24) is 9.80 Å². The number of aliphatic carboxylic acids is 2. The number of hydrogen-bond acceptors (Lipinski definition) is 4. The first-order valence-corrected chi connectivity index (χ1v) is 6.36. The Bertz CT molecular complexity index is 411. The summed E-state index contributed by atoms with van der Waals surface area (Å²) in [5.41, 5.74) is 0. The molecule has 0 bridgehead atoms. The molecule has 7 nitrogen and oxygen atoms in total. The van der Waals surface area contributed by atoms with E-state index in [-0.39, 0.29) is 24.9 Å². The molecule has 2 aliphatic heterocycles. The maximum atomic E-state index is 11.9. The van der Waals surface area contributed by atoms with Crippen LogP contribution >= 0.6 is 0 Å². The molecule has 0 aromatic heterocycles. The van der Waals surface area contributed by atoms with E-state index in [1.807, 2.05) is 4.90 Å². The molecule has 2 fully saturated rings. The number of carboxylic acids is 2. The number of rotatable bonds is 3. The minimum atomic E-state index is -1.10. The second-order valence-corrected chi connectivity index (χ2v) is 5.24. The van der Waals surface area contributed by atoms with Crippen molar-refractivity contribution in [3.8, 4) is 0 Å². The molecule has 0 spiro atoms.